The van der Waals surface area contributed by atoms with Crippen molar-refractivity contribution in [3.8, 4) is 0 Å². The maximum absolute atomic E-state index is 10.8. The van der Waals surface area contributed by atoms with Crippen LogP contribution in [0.2, 0.25) is 0 Å². The van der Waals surface area contributed by atoms with Gasteiger partial charge in [0, 0.05) is 12.0 Å². The van der Waals surface area contributed by atoms with Crippen LogP contribution >= 0.6 is 0 Å². The lowest BCUT2D eigenvalue weighted by Gasteiger charge is -2.26. The molecule has 13 heavy (non-hydrogen) atoms. The van der Waals surface area contributed by atoms with Crippen LogP contribution in [-0.2, 0) is 0 Å². The molecule has 0 bridgehead atoms. The van der Waals surface area contributed by atoms with Gasteiger partial charge < -0.3 is 5.73 Å². The second kappa shape index (κ2) is 3.33. The number of rotatable bonds is 1. The van der Waals surface area contributed by atoms with Crippen molar-refractivity contribution in [2.75, 3.05) is 0 Å². The molecule has 2 rings (SSSR count). The molecule has 1 fully saturated rings. The van der Waals surface area contributed by atoms with Crippen molar-refractivity contribution in [1.29, 1.82) is 0 Å². The first-order valence-corrected chi connectivity index (χ1v) is 4.67. The fourth-order valence-corrected chi connectivity index (χ4v) is 1.96. The molecule has 2 atom stereocenters. The lowest BCUT2D eigenvalue weighted by molar-refractivity contribution is 0.373. The van der Waals surface area contributed by atoms with E-state index in [2.05, 4.69) is 15.2 Å². The van der Waals surface area contributed by atoms with E-state index in [1.54, 1.807) is 0 Å². The Bertz CT molecular complexity index is 329. The summed E-state index contributed by atoms with van der Waals surface area (Å²) in [5.41, 5.74) is 5.70. The molecule has 0 spiro atoms. The van der Waals surface area contributed by atoms with Gasteiger partial charge in [0.25, 0.3) is 0 Å². The summed E-state index contributed by atoms with van der Waals surface area (Å²) in [6.07, 6.45) is 4.42. The van der Waals surface area contributed by atoms with Gasteiger partial charge in [-0.05, 0) is 12.8 Å². The molecule has 1 aliphatic rings. The molecule has 72 valence electrons. The fourth-order valence-electron chi connectivity index (χ4n) is 1.96. The number of H-pyrrole nitrogens is 2. The predicted octanol–water partition coefficient (Wildman–Crippen LogP) is 0.0829. The number of nitrogens with two attached hydrogens (primary N) is 1. The number of hydrogen-bond acceptors (Lipinski definition) is 3. The number of aromatic nitrogens is 3. The van der Waals surface area contributed by atoms with E-state index < -0.39 is 0 Å². The third-order valence-electron chi connectivity index (χ3n) is 2.69. The van der Waals surface area contributed by atoms with Crippen molar-refractivity contribution >= 4 is 0 Å². The lowest BCUT2D eigenvalue weighted by Crippen LogP contribution is -2.32. The van der Waals surface area contributed by atoms with E-state index in [9.17, 15) is 4.79 Å². The zero-order valence-electron chi connectivity index (χ0n) is 7.42. The summed E-state index contributed by atoms with van der Waals surface area (Å²) in [6.45, 7) is 0. The van der Waals surface area contributed by atoms with Gasteiger partial charge in [-0.25, -0.2) is 9.89 Å². The molecule has 0 aromatic carbocycles. The summed E-state index contributed by atoms with van der Waals surface area (Å²) in [7, 11) is 0. The molecule has 1 saturated carbocycles. The van der Waals surface area contributed by atoms with Crippen molar-refractivity contribution in [3.63, 3.8) is 0 Å². The molecule has 0 amide bonds. The molecular formula is C8H14N4O. The van der Waals surface area contributed by atoms with Gasteiger partial charge in [0.2, 0.25) is 0 Å². The Morgan fingerprint density at radius 3 is 2.77 bits per heavy atom. The average molecular weight is 182 g/mol. The highest BCUT2D eigenvalue weighted by atomic mass is 16.1. The number of aromatic amines is 2. The summed E-state index contributed by atoms with van der Waals surface area (Å²) in [5.74, 6) is 0.949. The molecule has 5 nitrogen and oxygen atoms in total. The molecule has 2 unspecified atom stereocenters. The van der Waals surface area contributed by atoms with Crippen molar-refractivity contribution in [2.45, 2.75) is 37.6 Å². The molecule has 0 radical (unpaired) electrons. The Morgan fingerprint density at radius 1 is 1.38 bits per heavy atom. The molecule has 1 aromatic rings. The first kappa shape index (κ1) is 8.50. The zero-order valence-corrected chi connectivity index (χ0v) is 7.42. The van der Waals surface area contributed by atoms with Crippen LogP contribution in [0.15, 0.2) is 4.79 Å². The van der Waals surface area contributed by atoms with E-state index in [1.807, 2.05) is 0 Å². The standard InChI is InChI=1S/C8H14N4O/c9-6-4-2-1-3-5(6)7-10-8(13)12-11-7/h5-6H,1-4,9H2,(H2,10,11,12,13). The highest BCUT2D eigenvalue weighted by Crippen LogP contribution is 2.28. The normalized spacial score (nSPS) is 29.0. The van der Waals surface area contributed by atoms with Crippen LogP contribution in [0.4, 0.5) is 0 Å². The smallest absolute Gasteiger partial charge is 0.327 e. The van der Waals surface area contributed by atoms with E-state index in [-0.39, 0.29) is 17.6 Å². The van der Waals surface area contributed by atoms with Gasteiger partial charge in [-0.1, -0.05) is 12.8 Å². The van der Waals surface area contributed by atoms with Crippen molar-refractivity contribution in [1.82, 2.24) is 15.2 Å². The first-order valence-electron chi connectivity index (χ1n) is 4.67. The highest BCUT2D eigenvalue weighted by Gasteiger charge is 2.25. The molecule has 0 saturated heterocycles. The van der Waals surface area contributed by atoms with Crippen LogP contribution in [0.3, 0.4) is 0 Å². The Hall–Kier alpha value is -1.10. The first-order chi connectivity index (χ1) is 6.27. The Labute approximate surface area is 75.7 Å². The molecular weight excluding hydrogens is 168 g/mol. The minimum absolute atomic E-state index is 0.146. The van der Waals surface area contributed by atoms with Gasteiger partial charge in [0.15, 0.2) is 0 Å². The fraction of sp³-hybridized carbons (Fsp3) is 0.750. The molecule has 1 aromatic heterocycles. The van der Waals surface area contributed by atoms with Gasteiger partial charge in [-0.3, -0.25) is 4.98 Å². The predicted molar refractivity (Wildman–Crippen MR) is 48.4 cm³/mol. The van der Waals surface area contributed by atoms with Gasteiger partial charge >= 0.3 is 5.69 Å². The molecule has 1 heterocycles. The third-order valence-corrected chi connectivity index (χ3v) is 2.69. The largest absolute Gasteiger partial charge is 0.340 e. The van der Waals surface area contributed by atoms with Crippen LogP contribution < -0.4 is 11.4 Å². The van der Waals surface area contributed by atoms with Crippen LogP contribution in [0, 0.1) is 0 Å². The van der Waals surface area contributed by atoms with Crippen molar-refractivity contribution in [2.24, 2.45) is 5.73 Å². The van der Waals surface area contributed by atoms with E-state index >= 15 is 0 Å². The monoisotopic (exact) mass is 182 g/mol. The van der Waals surface area contributed by atoms with Crippen molar-refractivity contribution in [3.05, 3.63) is 16.3 Å². The highest BCUT2D eigenvalue weighted by molar-refractivity contribution is 5.00. The zero-order chi connectivity index (χ0) is 9.26. The van der Waals surface area contributed by atoms with E-state index in [0.29, 0.717) is 0 Å². The van der Waals surface area contributed by atoms with Crippen LogP contribution in [0.25, 0.3) is 0 Å². The minimum Gasteiger partial charge on any atom is -0.327 e. The number of nitrogens with one attached hydrogen (secondary N) is 2. The van der Waals surface area contributed by atoms with E-state index in [4.69, 9.17) is 5.73 Å². The summed E-state index contributed by atoms with van der Waals surface area (Å²) in [4.78, 5) is 13.5. The van der Waals surface area contributed by atoms with Crippen LogP contribution in [0.1, 0.15) is 37.4 Å². The molecule has 5 heteroatoms. The SMILES string of the molecule is NC1CCCCC1c1n[nH]c(=O)[nH]1. The van der Waals surface area contributed by atoms with Gasteiger partial charge in [0.05, 0.1) is 0 Å². The Balaban J connectivity index is 2.19. The third kappa shape index (κ3) is 1.65. The summed E-state index contributed by atoms with van der Waals surface area (Å²) in [6, 6.07) is 0.146. The van der Waals surface area contributed by atoms with E-state index in [0.717, 1.165) is 18.7 Å². The number of nitrogens with zero attached hydrogens (tertiary/aromatic N) is 1. The maximum Gasteiger partial charge on any atom is 0.340 e. The van der Waals surface area contributed by atoms with Crippen molar-refractivity contribution < 1.29 is 0 Å². The molecule has 1 aliphatic carbocycles. The summed E-state index contributed by atoms with van der Waals surface area (Å²) >= 11 is 0. The molecule has 0 aliphatic heterocycles. The Morgan fingerprint density at radius 2 is 2.15 bits per heavy atom. The topological polar surface area (TPSA) is 87.6 Å². The lowest BCUT2D eigenvalue weighted by atomic mass is 9.85. The van der Waals surface area contributed by atoms with E-state index in [1.165, 1.54) is 12.8 Å². The summed E-state index contributed by atoms with van der Waals surface area (Å²) in [5, 5.41) is 6.29. The van der Waals surface area contributed by atoms with Gasteiger partial charge in [0.1, 0.15) is 5.82 Å². The quantitative estimate of drug-likeness (QED) is 0.575. The maximum atomic E-state index is 10.8. The minimum atomic E-state index is -0.243. The average Bonchev–Trinajstić information content (AvgIpc) is 2.53. The Kier molecular flexibility index (Phi) is 2.18. The van der Waals surface area contributed by atoms with Gasteiger partial charge in [-0.15, -0.1) is 0 Å². The second-order valence-corrected chi connectivity index (χ2v) is 3.62. The van der Waals surface area contributed by atoms with Crippen LogP contribution in [-0.4, -0.2) is 21.2 Å². The summed E-state index contributed by atoms with van der Waals surface area (Å²) < 4.78 is 0. The molecule has 4 N–H and O–H groups in total. The second-order valence-electron chi connectivity index (χ2n) is 3.62. The van der Waals surface area contributed by atoms with Crippen LogP contribution in [0.5, 0.6) is 0 Å². The van der Waals surface area contributed by atoms with Gasteiger partial charge in [-0.2, -0.15) is 5.10 Å². The number of hydrogen-bond donors (Lipinski definition) is 3.